The van der Waals surface area contributed by atoms with Crippen molar-refractivity contribution in [2.45, 2.75) is 30.6 Å². The van der Waals surface area contributed by atoms with Crippen LogP contribution in [0.15, 0.2) is 0 Å². The van der Waals surface area contributed by atoms with Gasteiger partial charge in [0.25, 0.3) is 0 Å². The highest BCUT2D eigenvalue weighted by atomic mass is 127. The van der Waals surface area contributed by atoms with E-state index in [1.54, 1.807) is 0 Å². The second kappa shape index (κ2) is 8.47. The Balaban J connectivity index is 3.57. The molecule has 4 heteroatoms. The van der Waals surface area contributed by atoms with Crippen LogP contribution in [-0.4, -0.2) is 30.1 Å². The summed E-state index contributed by atoms with van der Waals surface area (Å²) in [5.41, 5.74) is 0. The molecule has 0 aliphatic carbocycles. The summed E-state index contributed by atoms with van der Waals surface area (Å²) in [4.78, 5) is 11.1. The van der Waals surface area contributed by atoms with Gasteiger partial charge in [-0.25, -0.2) is 0 Å². The van der Waals surface area contributed by atoms with E-state index in [4.69, 9.17) is 0 Å². The molecule has 0 heterocycles. The predicted molar refractivity (Wildman–Crippen MR) is 66.8 cm³/mol. The zero-order chi connectivity index (χ0) is 11.0. The minimum atomic E-state index is -0.150. The Kier molecular flexibility index (Phi) is 8.56. The number of carbonyl (C=O) groups excluding carboxylic acids is 1. The highest BCUT2D eigenvalue weighted by Gasteiger charge is 2.14. The molecule has 0 amide bonds. The van der Waals surface area contributed by atoms with Gasteiger partial charge in [-0.05, 0) is 12.5 Å². The maximum absolute atomic E-state index is 11.1. The Hall–Kier alpha value is 0.160. The van der Waals surface area contributed by atoms with Crippen LogP contribution in [-0.2, 0) is 9.53 Å². The van der Waals surface area contributed by atoms with E-state index in [1.807, 2.05) is 0 Å². The number of carbonyl (C=O) groups is 1. The minimum absolute atomic E-state index is 0.0769. The van der Waals surface area contributed by atoms with Gasteiger partial charge in [-0.15, -0.1) is 0 Å². The van der Waals surface area contributed by atoms with Crippen LogP contribution in [0, 0.1) is 5.92 Å². The normalized spacial score (nSPS) is 12.9. The molecular weight excluding hydrogens is 293 g/mol. The van der Waals surface area contributed by atoms with E-state index in [9.17, 15) is 4.79 Å². The standard InChI is InChI=1S/C10H20INO2/c1-4-8(5-2)6-12-7-9(11)10(13)14-3/h8-9,12H,4-7H2,1-3H3. The Morgan fingerprint density at radius 3 is 2.36 bits per heavy atom. The molecule has 0 radical (unpaired) electrons. The lowest BCUT2D eigenvalue weighted by Gasteiger charge is -2.14. The fourth-order valence-corrected chi connectivity index (χ4v) is 1.77. The summed E-state index contributed by atoms with van der Waals surface area (Å²) in [7, 11) is 1.43. The second-order valence-electron chi connectivity index (χ2n) is 3.33. The number of halogens is 1. The molecule has 0 rings (SSSR count). The summed E-state index contributed by atoms with van der Waals surface area (Å²) in [5.74, 6) is 0.568. The van der Waals surface area contributed by atoms with Gasteiger partial charge < -0.3 is 10.1 Å². The lowest BCUT2D eigenvalue weighted by Crippen LogP contribution is -2.32. The summed E-state index contributed by atoms with van der Waals surface area (Å²) in [5, 5.41) is 3.29. The van der Waals surface area contributed by atoms with Crippen LogP contribution in [0.5, 0.6) is 0 Å². The summed E-state index contributed by atoms with van der Waals surface area (Å²) >= 11 is 2.10. The van der Waals surface area contributed by atoms with Gasteiger partial charge in [0.1, 0.15) is 3.92 Å². The topological polar surface area (TPSA) is 38.3 Å². The molecule has 1 unspecified atom stereocenters. The number of hydrogen-bond donors (Lipinski definition) is 1. The Morgan fingerprint density at radius 2 is 1.93 bits per heavy atom. The van der Waals surface area contributed by atoms with Crippen molar-refractivity contribution < 1.29 is 9.53 Å². The van der Waals surface area contributed by atoms with Gasteiger partial charge in [-0.3, -0.25) is 4.79 Å². The van der Waals surface area contributed by atoms with Crippen LogP contribution in [0.3, 0.4) is 0 Å². The van der Waals surface area contributed by atoms with Crippen molar-refractivity contribution in [1.29, 1.82) is 0 Å². The SMILES string of the molecule is CCC(CC)CNCC(I)C(=O)OC. The minimum Gasteiger partial charge on any atom is -0.468 e. The molecule has 3 nitrogen and oxygen atoms in total. The average Bonchev–Trinajstić information content (AvgIpc) is 2.22. The highest BCUT2D eigenvalue weighted by molar-refractivity contribution is 14.1. The van der Waals surface area contributed by atoms with Crippen LogP contribution in [0.25, 0.3) is 0 Å². The molecule has 0 fully saturated rings. The van der Waals surface area contributed by atoms with Crippen molar-refractivity contribution >= 4 is 28.6 Å². The second-order valence-corrected chi connectivity index (χ2v) is 4.84. The summed E-state index contributed by atoms with van der Waals surface area (Å²) < 4.78 is 4.56. The highest BCUT2D eigenvalue weighted by Crippen LogP contribution is 2.06. The molecule has 0 saturated heterocycles. The van der Waals surface area contributed by atoms with E-state index >= 15 is 0 Å². The van der Waals surface area contributed by atoms with Gasteiger partial charge in [0.15, 0.2) is 0 Å². The van der Waals surface area contributed by atoms with Crippen LogP contribution in [0.1, 0.15) is 26.7 Å². The van der Waals surface area contributed by atoms with E-state index in [0.29, 0.717) is 6.54 Å². The Morgan fingerprint density at radius 1 is 1.36 bits per heavy atom. The van der Waals surface area contributed by atoms with E-state index in [1.165, 1.54) is 20.0 Å². The molecule has 0 aliphatic heterocycles. The molecule has 0 aromatic heterocycles. The fraction of sp³-hybridized carbons (Fsp3) is 0.900. The molecule has 84 valence electrons. The van der Waals surface area contributed by atoms with Gasteiger partial charge in [-0.2, -0.15) is 0 Å². The first-order valence-electron chi connectivity index (χ1n) is 5.08. The van der Waals surface area contributed by atoms with Crippen molar-refractivity contribution in [3.8, 4) is 0 Å². The Labute approximate surface area is 100 Å². The third kappa shape index (κ3) is 5.80. The van der Waals surface area contributed by atoms with Gasteiger partial charge in [0.05, 0.1) is 7.11 Å². The zero-order valence-corrected chi connectivity index (χ0v) is 11.3. The van der Waals surface area contributed by atoms with Gasteiger partial charge in [0, 0.05) is 6.54 Å². The molecule has 1 atom stereocenters. The number of esters is 1. The molecule has 14 heavy (non-hydrogen) atoms. The first kappa shape index (κ1) is 14.2. The number of nitrogens with one attached hydrogen (secondary N) is 1. The fourth-order valence-electron chi connectivity index (χ4n) is 1.20. The molecule has 0 aromatic carbocycles. The third-order valence-electron chi connectivity index (χ3n) is 2.37. The van der Waals surface area contributed by atoms with E-state index in [-0.39, 0.29) is 9.89 Å². The largest absolute Gasteiger partial charge is 0.468 e. The van der Waals surface area contributed by atoms with Crippen molar-refractivity contribution in [2.24, 2.45) is 5.92 Å². The summed E-state index contributed by atoms with van der Waals surface area (Å²) in [6.07, 6.45) is 2.38. The van der Waals surface area contributed by atoms with E-state index < -0.39 is 0 Å². The van der Waals surface area contributed by atoms with Crippen LogP contribution in [0.4, 0.5) is 0 Å². The Bertz CT molecular complexity index is 160. The molecule has 0 bridgehead atoms. The van der Waals surface area contributed by atoms with Crippen molar-refractivity contribution in [3.63, 3.8) is 0 Å². The lowest BCUT2D eigenvalue weighted by atomic mass is 10.0. The quantitative estimate of drug-likeness (QED) is 0.444. The van der Waals surface area contributed by atoms with E-state index in [0.717, 1.165) is 12.5 Å². The monoisotopic (exact) mass is 313 g/mol. The van der Waals surface area contributed by atoms with E-state index in [2.05, 4.69) is 46.5 Å². The molecular formula is C10H20INO2. The maximum Gasteiger partial charge on any atom is 0.319 e. The lowest BCUT2D eigenvalue weighted by molar-refractivity contribution is -0.139. The van der Waals surface area contributed by atoms with Gasteiger partial charge >= 0.3 is 5.97 Å². The maximum atomic E-state index is 11.1. The first-order valence-corrected chi connectivity index (χ1v) is 6.32. The molecule has 0 aliphatic rings. The third-order valence-corrected chi connectivity index (χ3v) is 3.32. The molecule has 0 saturated carbocycles. The first-order chi connectivity index (χ1) is 6.65. The van der Waals surface area contributed by atoms with Crippen LogP contribution in [0.2, 0.25) is 0 Å². The number of alkyl halides is 1. The molecule has 0 aromatic rings. The molecule has 1 N–H and O–H groups in total. The number of hydrogen-bond acceptors (Lipinski definition) is 3. The van der Waals surface area contributed by atoms with Crippen LogP contribution < -0.4 is 5.32 Å². The number of rotatable bonds is 7. The number of methoxy groups -OCH3 is 1. The number of ether oxygens (including phenoxy) is 1. The van der Waals surface area contributed by atoms with Crippen molar-refractivity contribution in [2.75, 3.05) is 20.2 Å². The van der Waals surface area contributed by atoms with Crippen LogP contribution >= 0.6 is 22.6 Å². The van der Waals surface area contributed by atoms with Crippen molar-refractivity contribution in [3.05, 3.63) is 0 Å². The average molecular weight is 313 g/mol. The van der Waals surface area contributed by atoms with Gasteiger partial charge in [0.2, 0.25) is 0 Å². The summed E-state index contributed by atoms with van der Waals surface area (Å²) in [6.45, 7) is 6.07. The van der Waals surface area contributed by atoms with Crippen molar-refractivity contribution in [1.82, 2.24) is 5.32 Å². The zero-order valence-electron chi connectivity index (χ0n) is 9.18. The predicted octanol–water partition coefficient (Wildman–Crippen LogP) is 1.99. The smallest absolute Gasteiger partial charge is 0.319 e. The molecule has 0 spiro atoms. The van der Waals surface area contributed by atoms with Gasteiger partial charge in [-0.1, -0.05) is 49.3 Å². The summed E-state index contributed by atoms with van der Waals surface area (Å²) in [6, 6.07) is 0.